The Morgan fingerprint density at radius 2 is 2.15 bits per heavy atom. The predicted molar refractivity (Wildman–Crippen MR) is 82.2 cm³/mol. The van der Waals surface area contributed by atoms with Gasteiger partial charge < -0.3 is 10.1 Å². The van der Waals surface area contributed by atoms with Crippen LogP contribution in [0.4, 0.5) is 5.95 Å². The van der Waals surface area contributed by atoms with Gasteiger partial charge in [-0.15, -0.1) is 0 Å². The molecule has 1 heterocycles. The van der Waals surface area contributed by atoms with E-state index in [0.717, 1.165) is 18.7 Å². The number of anilines is 1. The first-order valence-electron chi connectivity index (χ1n) is 7.57. The van der Waals surface area contributed by atoms with Crippen LogP contribution < -0.4 is 10.1 Å². The van der Waals surface area contributed by atoms with Crippen molar-refractivity contribution in [1.29, 1.82) is 0 Å². The van der Waals surface area contributed by atoms with E-state index in [-0.39, 0.29) is 6.10 Å². The third-order valence-electron chi connectivity index (χ3n) is 3.30. The van der Waals surface area contributed by atoms with Crippen molar-refractivity contribution in [2.24, 2.45) is 0 Å². The second-order valence-corrected chi connectivity index (χ2v) is 5.62. The molecule has 1 N–H and O–H groups in total. The fraction of sp³-hybridized carbons (Fsp3) is 0.625. The first kappa shape index (κ1) is 14.8. The maximum atomic E-state index is 5.63. The van der Waals surface area contributed by atoms with Crippen LogP contribution in [0.15, 0.2) is 17.7 Å². The minimum atomic E-state index is 0.129. The molecule has 20 heavy (non-hydrogen) atoms. The Morgan fingerprint density at radius 1 is 1.30 bits per heavy atom. The van der Waals surface area contributed by atoms with Crippen LogP contribution in [0, 0.1) is 6.92 Å². The van der Waals surface area contributed by atoms with Crippen LogP contribution in [-0.4, -0.2) is 22.6 Å². The molecule has 1 aliphatic rings. The molecule has 0 aliphatic heterocycles. The van der Waals surface area contributed by atoms with Crippen LogP contribution in [0.3, 0.4) is 0 Å². The first-order chi connectivity index (χ1) is 9.63. The lowest BCUT2D eigenvalue weighted by atomic mass is 9.97. The Bertz CT molecular complexity index is 469. The third-order valence-corrected chi connectivity index (χ3v) is 3.30. The quantitative estimate of drug-likeness (QED) is 0.800. The minimum absolute atomic E-state index is 0.129. The average molecular weight is 275 g/mol. The zero-order valence-corrected chi connectivity index (χ0v) is 12.8. The molecule has 110 valence electrons. The summed E-state index contributed by atoms with van der Waals surface area (Å²) in [5, 5.41) is 3.30. The maximum Gasteiger partial charge on any atom is 0.226 e. The molecule has 1 aliphatic carbocycles. The monoisotopic (exact) mass is 275 g/mol. The summed E-state index contributed by atoms with van der Waals surface area (Å²) in [7, 11) is 0. The highest BCUT2D eigenvalue weighted by molar-refractivity contribution is 5.31. The number of nitrogens with one attached hydrogen (secondary N) is 1. The van der Waals surface area contributed by atoms with Gasteiger partial charge in [-0.3, -0.25) is 0 Å². The van der Waals surface area contributed by atoms with Crippen LogP contribution >= 0.6 is 0 Å². The Balaban J connectivity index is 1.88. The van der Waals surface area contributed by atoms with E-state index in [1.54, 1.807) is 5.57 Å². The lowest BCUT2D eigenvalue weighted by Crippen LogP contribution is -2.11. The van der Waals surface area contributed by atoms with Crippen molar-refractivity contribution >= 4 is 5.95 Å². The number of hydrogen-bond donors (Lipinski definition) is 1. The molecule has 0 spiro atoms. The summed E-state index contributed by atoms with van der Waals surface area (Å²) in [6.07, 6.45) is 8.76. The Kier molecular flexibility index (Phi) is 5.39. The molecule has 0 saturated carbocycles. The van der Waals surface area contributed by atoms with Gasteiger partial charge in [-0.05, 0) is 52.9 Å². The minimum Gasteiger partial charge on any atom is -0.475 e. The summed E-state index contributed by atoms with van der Waals surface area (Å²) in [6, 6.07) is 1.87. The number of allylic oxidation sites excluding steroid dienone is 1. The van der Waals surface area contributed by atoms with Crippen molar-refractivity contribution < 1.29 is 4.74 Å². The Hall–Kier alpha value is -1.58. The van der Waals surface area contributed by atoms with Crippen molar-refractivity contribution in [3.8, 4) is 5.88 Å². The van der Waals surface area contributed by atoms with Crippen molar-refractivity contribution in [2.75, 3.05) is 11.9 Å². The first-order valence-corrected chi connectivity index (χ1v) is 7.57. The van der Waals surface area contributed by atoms with E-state index in [9.17, 15) is 0 Å². The molecule has 0 aromatic carbocycles. The van der Waals surface area contributed by atoms with Gasteiger partial charge >= 0.3 is 0 Å². The molecular formula is C16H25N3O. The second kappa shape index (κ2) is 7.27. The molecule has 1 aromatic heterocycles. The molecule has 0 radical (unpaired) electrons. The Labute approximate surface area is 121 Å². The van der Waals surface area contributed by atoms with Gasteiger partial charge in [0.15, 0.2) is 0 Å². The van der Waals surface area contributed by atoms with Crippen LogP contribution in [0.5, 0.6) is 5.88 Å². The van der Waals surface area contributed by atoms with Crippen LogP contribution in [0.25, 0.3) is 0 Å². The van der Waals surface area contributed by atoms with E-state index in [1.165, 1.54) is 25.7 Å². The maximum absolute atomic E-state index is 5.63. The number of hydrogen-bond acceptors (Lipinski definition) is 4. The van der Waals surface area contributed by atoms with Gasteiger partial charge in [0, 0.05) is 18.3 Å². The lowest BCUT2D eigenvalue weighted by Gasteiger charge is -2.14. The van der Waals surface area contributed by atoms with E-state index >= 15 is 0 Å². The second-order valence-electron chi connectivity index (χ2n) is 5.62. The van der Waals surface area contributed by atoms with E-state index < -0.39 is 0 Å². The lowest BCUT2D eigenvalue weighted by molar-refractivity contribution is 0.232. The summed E-state index contributed by atoms with van der Waals surface area (Å²) >= 11 is 0. The van der Waals surface area contributed by atoms with E-state index in [4.69, 9.17) is 4.74 Å². The predicted octanol–water partition coefficient (Wildman–Crippen LogP) is 3.87. The molecule has 2 rings (SSSR count). The molecule has 0 atom stereocenters. The highest BCUT2D eigenvalue weighted by atomic mass is 16.5. The number of nitrogens with zero attached hydrogens (tertiary/aromatic N) is 2. The van der Waals surface area contributed by atoms with Crippen molar-refractivity contribution in [1.82, 2.24) is 9.97 Å². The van der Waals surface area contributed by atoms with E-state index in [1.807, 2.05) is 26.8 Å². The molecular weight excluding hydrogens is 250 g/mol. The fourth-order valence-corrected chi connectivity index (χ4v) is 2.39. The summed E-state index contributed by atoms with van der Waals surface area (Å²) in [6.45, 7) is 6.85. The normalized spacial score (nSPS) is 15.1. The summed E-state index contributed by atoms with van der Waals surface area (Å²) in [5.41, 5.74) is 2.49. The summed E-state index contributed by atoms with van der Waals surface area (Å²) in [4.78, 5) is 8.79. The summed E-state index contributed by atoms with van der Waals surface area (Å²) in [5.74, 6) is 1.31. The number of aryl methyl sites for hydroxylation is 1. The van der Waals surface area contributed by atoms with Gasteiger partial charge in [0.05, 0.1) is 6.10 Å². The van der Waals surface area contributed by atoms with Gasteiger partial charge in [-0.2, -0.15) is 4.98 Å². The van der Waals surface area contributed by atoms with Crippen molar-refractivity contribution in [2.45, 2.75) is 59.0 Å². The van der Waals surface area contributed by atoms with Crippen molar-refractivity contribution in [3.05, 3.63) is 23.4 Å². The van der Waals surface area contributed by atoms with Crippen LogP contribution in [0.1, 0.15) is 51.6 Å². The SMILES string of the molecule is Cc1cc(OC(C)C)nc(NCCC2=CCCCC2)n1. The van der Waals surface area contributed by atoms with Crippen LogP contribution in [0.2, 0.25) is 0 Å². The largest absolute Gasteiger partial charge is 0.475 e. The highest BCUT2D eigenvalue weighted by Gasteiger charge is 2.06. The molecule has 0 fully saturated rings. The molecule has 4 heteroatoms. The molecule has 0 unspecified atom stereocenters. The standard InChI is InChI=1S/C16H25N3O/c1-12(2)20-15-11-13(3)18-16(19-15)17-10-9-14-7-5-4-6-8-14/h7,11-12H,4-6,8-10H2,1-3H3,(H,17,18,19). The van der Waals surface area contributed by atoms with Gasteiger partial charge in [0.1, 0.15) is 0 Å². The number of aromatic nitrogens is 2. The smallest absolute Gasteiger partial charge is 0.226 e. The molecule has 0 bridgehead atoms. The highest BCUT2D eigenvalue weighted by Crippen LogP contribution is 2.20. The topological polar surface area (TPSA) is 47.0 Å². The van der Waals surface area contributed by atoms with Crippen LogP contribution in [-0.2, 0) is 0 Å². The zero-order chi connectivity index (χ0) is 14.4. The summed E-state index contributed by atoms with van der Waals surface area (Å²) < 4.78 is 5.63. The van der Waals surface area contributed by atoms with Crippen molar-refractivity contribution in [3.63, 3.8) is 0 Å². The molecule has 4 nitrogen and oxygen atoms in total. The zero-order valence-electron chi connectivity index (χ0n) is 12.8. The number of rotatable bonds is 6. The van der Waals surface area contributed by atoms with Gasteiger partial charge in [-0.1, -0.05) is 11.6 Å². The average Bonchev–Trinajstić information content (AvgIpc) is 2.38. The van der Waals surface area contributed by atoms with E-state index in [0.29, 0.717) is 11.8 Å². The van der Waals surface area contributed by atoms with Gasteiger partial charge in [0.2, 0.25) is 11.8 Å². The third kappa shape index (κ3) is 4.83. The van der Waals surface area contributed by atoms with E-state index in [2.05, 4.69) is 21.4 Å². The number of ether oxygens (including phenoxy) is 1. The van der Waals surface area contributed by atoms with Gasteiger partial charge in [-0.25, -0.2) is 4.98 Å². The Morgan fingerprint density at radius 3 is 2.85 bits per heavy atom. The molecule has 0 saturated heterocycles. The fourth-order valence-electron chi connectivity index (χ4n) is 2.39. The van der Waals surface area contributed by atoms with Gasteiger partial charge in [0.25, 0.3) is 0 Å². The molecule has 0 amide bonds. The molecule has 1 aromatic rings.